The van der Waals surface area contributed by atoms with Gasteiger partial charge in [0.1, 0.15) is 6.42 Å². The molecule has 15 heavy (non-hydrogen) atoms. The first kappa shape index (κ1) is 10.5. The zero-order chi connectivity index (χ0) is 10.8. The van der Waals surface area contributed by atoms with Gasteiger partial charge in [-0.25, -0.2) is 0 Å². The Morgan fingerprint density at radius 3 is 2.87 bits per heavy atom. The molecule has 0 aromatic heterocycles. The van der Waals surface area contributed by atoms with Crippen LogP contribution >= 0.6 is 0 Å². The van der Waals surface area contributed by atoms with Gasteiger partial charge in [0.25, 0.3) is 0 Å². The number of amides is 1. The normalized spacial score (nSPS) is 34.8. The molecule has 2 saturated carbocycles. The van der Waals surface area contributed by atoms with Crippen LogP contribution in [-0.2, 0) is 4.79 Å². The van der Waals surface area contributed by atoms with E-state index in [0.29, 0.717) is 5.92 Å². The topological polar surface area (TPSA) is 52.9 Å². The summed E-state index contributed by atoms with van der Waals surface area (Å²) >= 11 is 0. The molecule has 1 N–H and O–H groups in total. The highest BCUT2D eigenvalue weighted by atomic mass is 16.1. The number of rotatable bonds is 3. The van der Waals surface area contributed by atoms with Gasteiger partial charge in [0.2, 0.25) is 5.91 Å². The molecule has 3 nitrogen and oxygen atoms in total. The van der Waals surface area contributed by atoms with Gasteiger partial charge in [-0.15, -0.1) is 0 Å². The van der Waals surface area contributed by atoms with Crippen LogP contribution in [0.5, 0.6) is 0 Å². The smallest absolute Gasteiger partial charge is 0.234 e. The van der Waals surface area contributed by atoms with Gasteiger partial charge < -0.3 is 5.32 Å². The van der Waals surface area contributed by atoms with Crippen LogP contribution in [0.1, 0.15) is 39.0 Å². The van der Waals surface area contributed by atoms with Crippen LogP contribution in [-0.4, -0.2) is 11.9 Å². The Hall–Kier alpha value is -1.04. The third kappa shape index (κ3) is 2.14. The average Bonchev–Trinajstić information content (AvgIpc) is 2.78. The quantitative estimate of drug-likeness (QED) is 0.766. The number of nitrogens with one attached hydrogen (secondary N) is 1. The molecular formula is C12H18N2O. The van der Waals surface area contributed by atoms with Crippen LogP contribution in [0.25, 0.3) is 0 Å². The lowest BCUT2D eigenvalue weighted by atomic mass is 9.84. The summed E-state index contributed by atoms with van der Waals surface area (Å²) in [6.07, 6.45) is 5.36. The number of hydrogen-bond donors (Lipinski definition) is 1. The second kappa shape index (κ2) is 4.22. The van der Waals surface area contributed by atoms with Crippen molar-refractivity contribution >= 4 is 5.91 Å². The van der Waals surface area contributed by atoms with Crippen molar-refractivity contribution in [2.45, 2.75) is 45.1 Å². The molecule has 0 heterocycles. The average molecular weight is 206 g/mol. The van der Waals surface area contributed by atoms with Crippen molar-refractivity contribution in [3.05, 3.63) is 0 Å². The standard InChI is InChI=1S/C12H18N2O/c1-8(14-12(15)4-5-13)11-7-9-2-3-10(11)6-9/h8-11H,2-4,6-7H2,1H3,(H,14,15)/t8-,9+,10+,11+/m1/s1. The summed E-state index contributed by atoms with van der Waals surface area (Å²) in [5.74, 6) is 2.28. The van der Waals surface area contributed by atoms with E-state index in [9.17, 15) is 4.79 Å². The monoisotopic (exact) mass is 206 g/mol. The summed E-state index contributed by atoms with van der Waals surface area (Å²) in [5.41, 5.74) is 0. The molecule has 4 atom stereocenters. The third-order valence-corrected chi connectivity index (χ3v) is 4.06. The summed E-state index contributed by atoms with van der Waals surface area (Å²) in [5, 5.41) is 11.4. The van der Waals surface area contributed by atoms with Gasteiger partial charge in [0.05, 0.1) is 6.07 Å². The van der Waals surface area contributed by atoms with Gasteiger partial charge >= 0.3 is 0 Å². The molecule has 0 radical (unpaired) electrons. The number of nitriles is 1. The molecule has 2 aliphatic rings. The van der Waals surface area contributed by atoms with Gasteiger partial charge in [-0.2, -0.15) is 5.26 Å². The van der Waals surface area contributed by atoms with E-state index in [4.69, 9.17) is 5.26 Å². The van der Waals surface area contributed by atoms with E-state index >= 15 is 0 Å². The fourth-order valence-electron chi connectivity index (χ4n) is 3.39. The van der Waals surface area contributed by atoms with E-state index in [2.05, 4.69) is 12.2 Å². The van der Waals surface area contributed by atoms with Crippen molar-refractivity contribution < 1.29 is 4.79 Å². The Kier molecular flexibility index (Phi) is 2.95. The Balaban J connectivity index is 1.84. The minimum atomic E-state index is -0.118. The van der Waals surface area contributed by atoms with Crippen LogP contribution in [0, 0.1) is 29.1 Å². The van der Waals surface area contributed by atoms with Crippen molar-refractivity contribution in [3.63, 3.8) is 0 Å². The lowest BCUT2D eigenvalue weighted by molar-refractivity contribution is -0.121. The summed E-state index contributed by atoms with van der Waals surface area (Å²) in [6, 6.07) is 2.14. The maximum absolute atomic E-state index is 11.3. The molecule has 2 rings (SSSR count). The Morgan fingerprint density at radius 1 is 1.53 bits per heavy atom. The zero-order valence-corrected chi connectivity index (χ0v) is 9.20. The molecule has 3 heteroatoms. The molecule has 0 saturated heterocycles. The summed E-state index contributed by atoms with van der Waals surface area (Å²) in [7, 11) is 0. The van der Waals surface area contributed by atoms with Gasteiger partial charge in [-0.05, 0) is 43.9 Å². The van der Waals surface area contributed by atoms with E-state index in [-0.39, 0.29) is 18.4 Å². The summed E-state index contributed by atoms with van der Waals surface area (Å²) in [4.78, 5) is 11.3. The Bertz CT molecular complexity index is 294. The third-order valence-electron chi connectivity index (χ3n) is 4.06. The molecule has 0 aromatic carbocycles. The van der Waals surface area contributed by atoms with E-state index < -0.39 is 0 Å². The van der Waals surface area contributed by atoms with E-state index in [0.717, 1.165) is 11.8 Å². The molecule has 1 amide bonds. The summed E-state index contributed by atoms with van der Waals surface area (Å²) < 4.78 is 0. The number of carbonyl (C=O) groups excluding carboxylic acids is 1. The van der Waals surface area contributed by atoms with Crippen molar-refractivity contribution in [2.75, 3.05) is 0 Å². The minimum absolute atomic E-state index is 0.00877. The highest BCUT2D eigenvalue weighted by molar-refractivity contribution is 5.78. The summed E-state index contributed by atoms with van der Waals surface area (Å²) in [6.45, 7) is 2.08. The van der Waals surface area contributed by atoms with E-state index in [1.54, 1.807) is 0 Å². The van der Waals surface area contributed by atoms with Gasteiger partial charge in [-0.1, -0.05) is 6.42 Å². The van der Waals surface area contributed by atoms with Crippen LogP contribution in [0.3, 0.4) is 0 Å². The number of hydrogen-bond acceptors (Lipinski definition) is 2. The van der Waals surface area contributed by atoms with Gasteiger partial charge in [-0.3, -0.25) is 4.79 Å². The maximum Gasteiger partial charge on any atom is 0.234 e. The fourth-order valence-corrected chi connectivity index (χ4v) is 3.39. The van der Waals surface area contributed by atoms with E-state index in [1.165, 1.54) is 25.7 Å². The predicted octanol–water partition coefficient (Wildman–Crippen LogP) is 1.84. The number of fused-ring (bicyclic) bond motifs is 2. The second-order valence-corrected chi connectivity index (χ2v) is 5.03. The van der Waals surface area contributed by atoms with Crippen LogP contribution in [0.15, 0.2) is 0 Å². The van der Waals surface area contributed by atoms with Crippen LogP contribution < -0.4 is 5.32 Å². The molecular weight excluding hydrogens is 188 g/mol. The first-order valence-electron chi connectivity index (χ1n) is 5.87. The SMILES string of the molecule is C[C@@H](NC(=O)CC#N)[C@@H]1C[C@H]2CC[C@H]1C2. The molecule has 82 valence electrons. The lowest BCUT2D eigenvalue weighted by Gasteiger charge is -2.28. The van der Waals surface area contributed by atoms with Crippen molar-refractivity contribution in [1.82, 2.24) is 5.32 Å². The first-order chi connectivity index (χ1) is 7.20. The molecule has 0 aromatic rings. The maximum atomic E-state index is 11.3. The Morgan fingerprint density at radius 2 is 2.33 bits per heavy atom. The lowest BCUT2D eigenvalue weighted by Crippen LogP contribution is -2.39. The van der Waals surface area contributed by atoms with Gasteiger partial charge in [0.15, 0.2) is 0 Å². The largest absolute Gasteiger partial charge is 0.352 e. The van der Waals surface area contributed by atoms with Gasteiger partial charge in [0, 0.05) is 6.04 Å². The molecule has 0 aliphatic heterocycles. The van der Waals surface area contributed by atoms with Crippen molar-refractivity contribution in [2.24, 2.45) is 17.8 Å². The molecule has 2 aliphatic carbocycles. The number of nitrogens with zero attached hydrogens (tertiary/aromatic N) is 1. The highest BCUT2D eigenvalue weighted by Gasteiger charge is 2.41. The molecule has 0 unspecified atom stereocenters. The minimum Gasteiger partial charge on any atom is -0.352 e. The van der Waals surface area contributed by atoms with E-state index in [1.807, 2.05) is 6.07 Å². The van der Waals surface area contributed by atoms with Crippen molar-refractivity contribution in [3.8, 4) is 6.07 Å². The highest BCUT2D eigenvalue weighted by Crippen LogP contribution is 2.49. The number of carbonyl (C=O) groups is 1. The predicted molar refractivity (Wildman–Crippen MR) is 56.8 cm³/mol. The fraction of sp³-hybridized carbons (Fsp3) is 0.833. The molecule has 2 bridgehead atoms. The first-order valence-corrected chi connectivity index (χ1v) is 5.87. The van der Waals surface area contributed by atoms with Crippen LogP contribution in [0.4, 0.5) is 0 Å². The second-order valence-electron chi connectivity index (χ2n) is 5.03. The molecule has 2 fully saturated rings. The zero-order valence-electron chi connectivity index (χ0n) is 9.20. The Labute approximate surface area is 90.8 Å². The van der Waals surface area contributed by atoms with Crippen LogP contribution in [0.2, 0.25) is 0 Å². The molecule has 0 spiro atoms. The van der Waals surface area contributed by atoms with Crippen molar-refractivity contribution in [1.29, 1.82) is 5.26 Å².